The fourth-order valence-corrected chi connectivity index (χ4v) is 7.49. The molecule has 9 heteroatoms. The number of anilines is 1. The monoisotopic (exact) mass is 697 g/mol. The van der Waals surface area contributed by atoms with Gasteiger partial charge in [0.1, 0.15) is 5.54 Å². The summed E-state index contributed by atoms with van der Waals surface area (Å²) in [5.41, 5.74) is 7.43. The topological polar surface area (TPSA) is 108 Å². The summed E-state index contributed by atoms with van der Waals surface area (Å²) < 4.78 is 3.55. The van der Waals surface area contributed by atoms with Crippen LogP contribution in [0.4, 0.5) is 5.95 Å². The first-order valence-corrected chi connectivity index (χ1v) is 18.1. The lowest BCUT2D eigenvalue weighted by Gasteiger charge is -2.36. The van der Waals surface area contributed by atoms with Gasteiger partial charge in [-0.05, 0) is 56.6 Å². The molecule has 0 saturated carbocycles. The number of rotatable bonds is 11. The molecule has 0 saturated heterocycles. The van der Waals surface area contributed by atoms with Crippen molar-refractivity contribution in [3.8, 4) is 22.5 Å². The molecule has 5 aromatic carbocycles. The van der Waals surface area contributed by atoms with E-state index in [1.165, 1.54) is 0 Å². The summed E-state index contributed by atoms with van der Waals surface area (Å²) in [5, 5.41) is 16.6. The zero-order valence-electron chi connectivity index (χ0n) is 29.5. The average molecular weight is 698 g/mol. The molecule has 1 N–H and O–H groups in total. The number of tetrazole rings is 1. The van der Waals surface area contributed by atoms with Crippen LogP contribution in [0.2, 0.25) is 0 Å². The molecular formula is C44H39N7O2. The smallest absolute Gasteiger partial charge is 0.258 e. The van der Waals surface area contributed by atoms with Crippen LogP contribution in [0.1, 0.15) is 59.7 Å². The normalized spacial score (nSPS) is 12.7. The van der Waals surface area contributed by atoms with E-state index < -0.39 is 5.54 Å². The van der Waals surface area contributed by atoms with Crippen molar-refractivity contribution in [3.63, 3.8) is 0 Å². The first kappa shape index (κ1) is 33.7. The lowest BCUT2D eigenvalue weighted by Crippen LogP contribution is -2.39. The number of nitrogens with one attached hydrogen (secondary N) is 1. The number of unbranched alkanes of at least 4 members (excludes halogenated alkanes) is 1. The number of benzene rings is 5. The summed E-state index contributed by atoms with van der Waals surface area (Å²) in [6, 6.07) is 47.7. The molecule has 3 heterocycles. The maximum absolute atomic E-state index is 13.7. The SMILES string of the molecule is CCCCc1nc2n(c(=O)c1Cc1ccc(-c3ccccc3-c3nnnn3C(c3ccccc3)(c3ccccc3)c3ccccc3)cc1)CCC(=O)N2. The van der Waals surface area contributed by atoms with E-state index >= 15 is 0 Å². The maximum atomic E-state index is 13.7. The Balaban J connectivity index is 1.21. The van der Waals surface area contributed by atoms with Gasteiger partial charge in [0.15, 0.2) is 5.82 Å². The van der Waals surface area contributed by atoms with Crippen molar-refractivity contribution < 1.29 is 4.79 Å². The highest BCUT2D eigenvalue weighted by Gasteiger charge is 2.42. The molecule has 0 bridgehead atoms. The predicted octanol–water partition coefficient (Wildman–Crippen LogP) is 7.68. The summed E-state index contributed by atoms with van der Waals surface area (Å²) in [6.45, 7) is 2.45. The van der Waals surface area contributed by atoms with Crippen molar-refractivity contribution in [2.24, 2.45) is 0 Å². The Labute approximate surface area is 308 Å². The number of fused-ring (bicyclic) bond motifs is 1. The third-order valence-corrected chi connectivity index (χ3v) is 10.1. The van der Waals surface area contributed by atoms with E-state index in [4.69, 9.17) is 15.3 Å². The van der Waals surface area contributed by atoms with Crippen molar-refractivity contribution in [2.75, 3.05) is 5.32 Å². The van der Waals surface area contributed by atoms with Crippen LogP contribution < -0.4 is 10.9 Å². The van der Waals surface area contributed by atoms with Gasteiger partial charge in [-0.15, -0.1) is 5.10 Å². The van der Waals surface area contributed by atoms with Gasteiger partial charge in [-0.25, -0.2) is 9.67 Å². The van der Waals surface area contributed by atoms with Crippen LogP contribution in [0, 0.1) is 0 Å². The minimum absolute atomic E-state index is 0.0823. The van der Waals surface area contributed by atoms with Gasteiger partial charge >= 0.3 is 0 Å². The minimum atomic E-state index is -0.880. The number of hydrogen-bond acceptors (Lipinski definition) is 6. The number of nitrogens with zero attached hydrogens (tertiary/aromatic N) is 6. The quantitative estimate of drug-likeness (QED) is 0.139. The number of aromatic nitrogens is 6. The second-order valence-electron chi connectivity index (χ2n) is 13.4. The van der Waals surface area contributed by atoms with E-state index in [1.54, 1.807) is 4.57 Å². The van der Waals surface area contributed by atoms with Crippen LogP contribution in [-0.4, -0.2) is 35.7 Å². The molecular weight excluding hydrogens is 659 g/mol. The van der Waals surface area contributed by atoms with Crippen LogP contribution >= 0.6 is 0 Å². The molecule has 0 radical (unpaired) electrons. The van der Waals surface area contributed by atoms with Crippen molar-refractivity contribution in [2.45, 2.75) is 51.1 Å². The molecule has 7 aromatic rings. The van der Waals surface area contributed by atoms with Crippen molar-refractivity contribution >= 4 is 11.9 Å². The van der Waals surface area contributed by atoms with Crippen LogP contribution in [0.5, 0.6) is 0 Å². The number of amides is 1. The van der Waals surface area contributed by atoms with Gasteiger partial charge in [0, 0.05) is 30.5 Å². The fraction of sp³-hybridized carbons (Fsp3) is 0.182. The molecule has 0 atom stereocenters. The van der Waals surface area contributed by atoms with Crippen LogP contribution in [-0.2, 0) is 29.7 Å². The molecule has 8 rings (SSSR count). The predicted molar refractivity (Wildman–Crippen MR) is 206 cm³/mol. The third-order valence-electron chi connectivity index (χ3n) is 10.1. The van der Waals surface area contributed by atoms with Crippen LogP contribution in [0.15, 0.2) is 144 Å². The molecule has 2 aromatic heterocycles. The molecule has 53 heavy (non-hydrogen) atoms. The van der Waals surface area contributed by atoms with Crippen LogP contribution in [0.3, 0.4) is 0 Å². The standard InChI is InChI=1S/C44H39N7O2/c1-2-3-23-39-38(42(53)50-29-28-40(52)46-43(50)45-39)30-31-24-26-32(27-25-31)36-21-13-14-22-37(36)41-47-48-49-51(41)44(33-15-7-4-8-16-33,34-17-9-5-10-18-34)35-19-11-6-12-20-35/h4-22,24-27H,2-3,23,28-30H2,1H3,(H,45,46,52). The second-order valence-corrected chi connectivity index (χ2v) is 13.4. The van der Waals surface area contributed by atoms with E-state index in [2.05, 4.69) is 127 Å². The van der Waals surface area contributed by atoms with E-state index in [-0.39, 0.29) is 17.9 Å². The molecule has 0 fully saturated rings. The Kier molecular flexibility index (Phi) is 9.29. The first-order chi connectivity index (χ1) is 26.1. The number of carbonyl (C=O) groups excluding carboxylic acids is 1. The van der Waals surface area contributed by atoms with Crippen LogP contribution in [0.25, 0.3) is 22.5 Å². The number of aryl methyl sites for hydroxylation is 1. The molecule has 0 spiro atoms. The molecule has 1 aliphatic heterocycles. The molecule has 0 aliphatic carbocycles. The van der Waals surface area contributed by atoms with Gasteiger partial charge in [0.2, 0.25) is 11.9 Å². The van der Waals surface area contributed by atoms with E-state index in [0.29, 0.717) is 36.7 Å². The van der Waals surface area contributed by atoms with Gasteiger partial charge in [0.25, 0.3) is 5.56 Å². The van der Waals surface area contributed by atoms with E-state index in [9.17, 15) is 9.59 Å². The average Bonchev–Trinajstić information content (AvgIpc) is 3.70. The highest BCUT2D eigenvalue weighted by Crippen LogP contribution is 2.43. The Hall–Kier alpha value is -6.48. The Bertz CT molecular complexity index is 2330. The molecule has 9 nitrogen and oxygen atoms in total. The highest BCUT2D eigenvalue weighted by molar-refractivity contribution is 5.90. The highest BCUT2D eigenvalue weighted by atomic mass is 16.2. The first-order valence-electron chi connectivity index (χ1n) is 18.1. The van der Waals surface area contributed by atoms with Crippen molar-refractivity contribution in [1.82, 2.24) is 29.8 Å². The van der Waals surface area contributed by atoms with Gasteiger partial charge in [0.05, 0.1) is 5.69 Å². The Morgan fingerprint density at radius 3 is 1.91 bits per heavy atom. The second kappa shape index (κ2) is 14.6. The van der Waals surface area contributed by atoms with E-state index in [0.717, 1.165) is 57.5 Å². The third kappa shape index (κ3) is 6.24. The van der Waals surface area contributed by atoms with Gasteiger partial charge in [-0.1, -0.05) is 153 Å². The minimum Gasteiger partial charge on any atom is -0.296 e. The zero-order chi connectivity index (χ0) is 36.2. The summed E-state index contributed by atoms with van der Waals surface area (Å²) in [7, 11) is 0. The number of hydrogen-bond donors (Lipinski definition) is 1. The molecule has 1 amide bonds. The fourth-order valence-electron chi connectivity index (χ4n) is 7.49. The van der Waals surface area contributed by atoms with Gasteiger partial charge in [-0.3, -0.25) is 19.5 Å². The lowest BCUT2D eigenvalue weighted by atomic mass is 9.77. The molecule has 0 unspecified atom stereocenters. The Morgan fingerprint density at radius 1 is 0.717 bits per heavy atom. The summed E-state index contributed by atoms with van der Waals surface area (Å²) in [5.74, 6) is 0.870. The zero-order valence-corrected chi connectivity index (χ0v) is 29.5. The summed E-state index contributed by atoms with van der Waals surface area (Å²) >= 11 is 0. The van der Waals surface area contributed by atoms with Gasteiger partial charge in [-0.2, -0.15) is 0 Å². The Morgan fingerprint density at radius 2 is 1.30 bits per heavy atom. The lowest BCUT2D eigenvalue weighted by molar-refractivity contribution is -0.116. The number of carbonyl (C=O) groups is 1. The molecule has 262 valence electrons. The van der Waals surface area contributed by atoms with Gasteiger partial charge < -0.3 is 0 Å². The maximum Gasteiger partial charge on any atom is 0.258 e. The summed E-state index contributed by atoms with van der Waals surface area (Å²) in [6.07, 6.45) is 3.29. The van der Waals surface area contributed by atoms with E-state index in [1.807, 2.05) is 35.0 Å². The molecule has 1 aliphatic rings. The largest absolute Gasteiger partial charge is 0.296 e. The van der Waals surface area contributed by atoms with Crippen molar-refractivity contribution in [1.29, 1.82) is 0 Å². The summed E-state index contributed by atoms with van der Waals surface area (Å²) in [4.78, 5) is 30.6. The van der Waals surface area contributed by atoms with Crippen molar-refractivity contribution in [3.05, 3.63) is 183 Å².